The fourth-order valence-corrected chi connectivity index (χ4v) is 6.99. The van der Waals surface area contributed by atoms with Crippen LogP contribution in [0.1, 0.15) is 62.4 Å². The van der Waals surface area contributed by atoms with Crippen LogP contribution in [-0.4, -0.2) is 48.1 Å². The second kappa shape index (κ2) is 10.9. The Hall–Kier alpha value is -2.75. The molecule has 1 saturated carbocycles. The van der Waals surface area contributed by atoms with Crippen LogP contribution >= 0.6 is 0 Å². The topological polar surface area (TPSA) is 92.7 Å². The zero-order valence-corrected chi connectivity index (χ0v) is 23.3. The van der Waals surface area contributed by atoms with Gasteiger partial charge in [0.05, 0.1) is 6.61 Å². The number of benzene rings is 2. The van der Waals surface area contributed by atoms with Gasteiger partial charge in [0.15, 0.2) is 24.0 Å². The van der Waals surface area contributed by atoms with Crippen LogP contribution in [0.5, 0.6) is 11.5 Å². The van der Waals surface area contributed by atoms with Crippen molar-refractivity contribution in [3.8, 4) is 11.5 Å². The molecule has 7 rings (SSSR count). The number of phenolic OH excluding ortho intramolecular Hbond substituents is 1. The Morgan fingerprint density at radius 3 is 2.67 bits per heavy atom. The Morgan fingerprint density at radius 1 is 1.05 bits per heavy atom. The van der Waals surface area contributed by atoms with Crippen molar-refractivity contribution in [3.05, 3.63) is 65.7 Å². The molecule has 1 aliphatic carbocycles. The maximum Gasteiger partial charge on any atom is 0.201 e. The zero-order valence-electron chi connectivity index (χ0n) is 23.3. The highest BCUT2D eigenvalue weighted by Crippen LogP contribution is 2.60. The Labute approximate surface area is 235 Å². The van der Waals surface area contributed by atoms with E-state index in [-0.39, 0.29) is 23.4 Å². The second-order valence-corrected chi connectivity index (χ2v) is 11.8. The maximum atomic E-state index is 12.3. The fraction of sp³-hybridized carbons (Fsp3) is 0.531. The first-order valence-electron chi connectivity index (χ1n) is 14.3. The third-order valence-corrected chi connectivity index (χ3v) is 9.17. The van der Waals surface area contributed by atoms with Crippen molar-refractivity contribution in [1.82, 2.24) is 0 Å². The summed E-state index contributed by atoms with van der Waals surface area (Å²) in [6.45, 7) is 7.15. The molecule has 1 N–H and O–H groups in total. The summed E-state index contributed by atoms with van der Waals surface area (Å²) in [6, 6.07) is 13.8. The molecular weight excluding hydrogens is 512 g/mol. The van der Waals surface area contributed by atoms with E-state index < -0.39 is 24.0 Å². The van der Waals surface area contributed by atoms with Gasteiger partial charge in [-0.1, -0.05) is 44.2 Å². The first-order chi connectivity index (χ1) is 19.3. The monoisotopic (exact) mass is 550 g/mol. The van der Waals surface area contributed by atoms with E-state index in [1.807, 2.05) is 31.2 Å². The van der Waals surface area contributed by atoms with Gasteiger partial charge < -0.3 is 24.1 Å². The molecule has 4 saturated heterocycles. The molecule has 8 atom stereocenters. The number of ether oxygens (including phenoxy) is 4. The normalized spacial score (nSPS) is 36.7. The minimum atomic E-state index is -0.801. The van der Waals surface area contributed by atoms with Crippen LogP contribution in [0.4, 0.5) is 0 Å². The average molecular weight is 551 g/mol. The van der Waals surface area contributed by atoms with Gasteiger partial charge in [0, 0.05) is 23.8 Å². The molecule has 0 amide bonds. The highest BCUT2D eigenvalue weighted by atomic mass is 17.3. The van der Waals surface area contributed by atoms with Crippen molar-refractivity contribution in [2.45, 2.75) is 70.4 Å². The van der Waals surface area contributed by atoms with E-state index in [4.69, 9.17) is 28.7 Å². The van der Waals surface area contributed by atoms with Crippen LogP contribution in [-0.2, 0) is 24.0 Å². The Kier molecular flexibility index (Phi) is 7.48. The lowest BCUT2D eigenvalue weighted by Crippen LogP contribution is -2.70. The minimum Gasteiger partial charge on any atom is -0.508 e. The number of hydrogen-bond acceptors (Lipinski definition) is 8. The number of ketones is 1. The first-order valence-corrected chi connectivity index (χ1v) is 14.3. The average Bonchev–Trinajstić information content (AvgIpc) is 3.18. The summed E-state index contributed by atoms with van der Waals surface area (Å²) >= 11 is 0. The van der Waals surface area contributed by atoms with Gasteiger partial charge in [0.2, 0.25) is 5.79 Å². The van der Waals surface area contributed by atoms with Gasteiger partial charge in [-0.25, -0.2) is 9.78 Å². The van der Waals surface area contributed by atoms with Crippen molar-refractivity contribution in [2.24, 2.45) is 23.7 Å². The smallest absolute Gasteiger partial charge is 0.201 e. The van der Waals surface area contributed by atoms with Crippen LogP contribution < -0.4 is 4.74 Å². The molecule has 5 aliphatic rings. The number of rotatable bonds is 8. The molecule has 4 heterocycles. The van der Waals surface area contributed by atoms with Gasteiger partial charge in [-0.15, -0.1) is 0 Å². The van der Waals surface area contributed by atoms with Crippen LogP contribution in [0.25, 0.3) is 6.08 Å². The largest absolute Gasteiger partial charge is 0.508 e. The number of carbonyl (C=O) groups is 1. The molecule has 2 aromatic rings. The van der Waals surface area contributed by atoms with Crippen LogP contribution in [0.2, 0.25) is 0 Å². The second-order valence-electron chi connectivity index (χ2n) is 11.8. The summed E-state index contributed by atoms with van der Waals surface area (Å²) in [4.78, 5) is 24.4. The summed E-state index contributed by atoms with van der Waals surface area (Å²) in [5.74, 6) is 0.999. The number of aromatic hydroxyl groups is 1. The number of phenols is 1. The molecule has 214 valence electrons. The van der Waals surface area contributed by atoms with Gasteiger partial charge in [-0.2, -0.15) is 0 Å². The lowest BCUT2D eigenvalue weighted by molar-refractivity contribution is -0.577. The van der Waals surface area contributed by atoms with Crippen LogP contribution in [0.3, 0.4) is 0 Å². The highest BCUT2D eigenvalue weighted by molar-refractivity contribution is 6.07. The van der Waals surface area contributed by atoms with Gasteiger partial charge in [0.1, 0.15) is 18.1 Å². The summed E-state index contributed by atoms with van der Waals surface area (Å²) in [5, 5.41) is 9.56. The SMILES string of the molecule is C[C@H]1[C@@H](OCCOc2ccc(/C=C/C(=O)c3cccc(O)c3)cc2)O[C@@H]2O[C@@]3(C)CC[C@H]4[C@H](C)CC[C@@H]1[C@@]24OO3. The van der Waals surface area contributed by atoms with Crippen molar-refractivity contribution >= 4 is 11.9 Å². The van der Waals surface area contributed by atoms with Gasteiger partial charge in [0.25, 0.3) is 0 Å². The third kappa shape index (κ3) is 5.08. The predicted octanol–water partition coefficient (Wildman–Crippen LogP) is 5.89. The summed E-state index contributed by atoms with van der Waals surface area (Å²) in [6.07, 6.45) is 6.26. The maximum absolute atomic E-state index is 12.3. The van der Waals surface area contributed by atoms with E-state index in [0.717, 1.165) is 31.2 Å². The Balaban J connectivity index is 1.02. The molecule has 8 heteroatoms. The van der Waals surface area contributed by atoms with Crippen molar-refractivity contribution in [3.63, 3.8) is 0 Å². The molecule has 0 unspecified atom stereocenters. The highest BCUT2D eigenvalue weighted by Gasteiger charge is 2.69. The summed E-state index contributed by atoms with van der Waals surface area (Å²) in [5.41, 5.74) is 0.717. The predicted molar refractivity (Wildman–Crippen MR) is 146 cm³/mol. The quantitative estimate of drug-likeness (QED) is 0.188. The number of carbonyl (C=O) groups excluding carboxylic acids is 1. The van der Waals surface area contributed by atoms with Crippen molar-refractivity contribution in [2.75, 3.05) is 13.2 Å². The number of fused-ring (bicyclic) bond motifs is 2. The van der Waals surface area contributed by atoms with Crippen molar-refractivity contribution < 1.29 is 38.6 Å². The van der Waals surface area contributed by atoms with Crippen LogP contribution in [0, 0.1) is 23.7 Å². The molecular formula is C32H38O8. The first kappa shape index (κ1) is 27.4. The van der Waals surface area contributed by atoms with E-state index in [2.05, 4.69) is 13.8 Å². The van der Waals surface area contributed by atoms with E-state index in [1.54, 1.807) is 18.2 Å². The molecule has 0 aromatic heterocycles. The molecule has 1 spiro atoms. The lowest BCUT2D eigenvalue weighted by atomic mass is 9.58. The molecule has 2 bridgehead atoms. The number of allylic oxidation sites excluding steroid dienone is 1. The van der Waals surface area contributed by atoms with Gasteiger partial charge in [-0.3, -0.25) is 4.79 Å². The van der Waals surface area contributed by atoms with E-state index in [9.17, 15) is 9.90 Å². The molecule has 5 fully saturated rings. The molecule has 2 aromatic carbocycles. The van der Waals surface area contributed by atoms with Crippen LogP contribution in [0.15, 0.2) is 54.6 Å². The van der Waals surface area contributed by atoms with E-state index in [1.165, 1.54) is 18.2 Å². The molecule has 8 nitrogen and oxygen atoms in total. The molecule has 0 radical (unpaired) electrons. The van der Waals surface area contributed by atoms with Gasteiger partial charge in [-0.05, 0) is 73.9 Å². The molecule has 40 heavy (non-hydrogen) atoms. The fourth-order valence-electron chi connectivity index (χ4n) is 6.99. The van der Waals surface area contributed by atoms with Gasteiger partial charge >= 0.3 is 0 Å². The Bertz CT molecular complexity index is 1240. The Morgan fingerprint density at radius 2 is 1.88 bits per heavy atom. The summed E-state index contributed by atoms with van der Waals surface area (Å²) < 4.78 is 25.0. The van der Waals surface area contributed by atoms with E-state index >= 15 is 0 Å². The lowest BCUT2D eigenvalue weighted by Gasteiger charge is -2.60. The standard InChI is InChI=1S/C32H38O8/c1-20-7-13-27-21(2)29(37-30-32(27)26(20)15-16-31(3,38-30)39-40-32)36-18-17-35-25-11-8-22(9-12-25)10-14-28(34)23-5-4-6-24(33)19-23/h4-6,8-12,14,19-21,26-27,29-30,33H,7,13,15-18H2,1-3H3/b14-10+/t20-,21-,26+,27+,29+,30-,31-,32-/m1/s1. The minimum absolute atomic E-state index is 0.0677. The third-order valence-electron chi connectivity index (χ3n) is 9.17. The van der Waals surface area contributed by atoms with E-state index in [0.29, 0.717) is 36.4 Å². The number of hydrogen-bond donors (Lipinski definition) is 1. The zero-order chi connectivity index (χ0) is 27.9. The van der Waals surface area contributed by atoms with Crippen molar-refractivity contribution in [1.29, 1.82) is 0 Å². The summed E-state index contributed by atoms with van der Waals surface area (Å²) in [7, 11) is 0. The molecule has 4 aliphatic heterocycles.